The molecule has 82 valence electrons. The summed E-state index contributed by atoms with van der Waals surface area (Å²) in [6, 6.07) is 7.74. The van der Waals surface area contributed by atoms with Gasteiger partial charge >= 0.3 is 0 Å². The predicted molar refractivity (Wildman–Crippen MR) is 63.0 cm³/mol. The van der Waals surface area contributed by atoms with E-state index in [0.717, 1.165) is 22.4 Å². The fourth-order valence-electron chi connectivity index (χ4n) is 1.94. The number of nitriles is 1. The molecule has 3 aromatic rings. The minimum Gasteiger partial charge on any atom is -0.327 e. The van der Waals surface area contributed by atoms with Crippen LogP contribution in [0.3, 0.4) is 0 Å². The molecule has 0 saturated heterocycles. The molecular formula is C12H9N5. The van der Waals surface area contributed by atoms with Crippen molar-refractivity contribution in [1.82, 2.24) is 19.7 Å². The van der Waals surface area contributed by atoms with Crippen molar-refractivity contribution in [1.29, 1.82) is 5.26 Å². The van der Waals surface area contributed by atoms with Crippen molar-refractivity contribution in [2.75, 3.05) is 0 Å². The Bertz CT molecular complexity index is 715. The topological polar surface area (TPSA) is 70.3 Å². The van der Waals surface area contributed by atoms with E-state index in [1.165, 1.54) is 0 Å². The van der Waals surface area contributed by atoms with E-state index in [1.807, 2.05) is 23.7 Å². The Balaban J connectivity index is 2.37. The van der Waals surface area contributed by atoms with Crippen molar-refractivity contribution in [3.05, 3.63) is 36.2 Å². The first kappa shape index (κ1) is 9.60. The van der Waals surface area contributed by atoms with E-state index in [0.29, 0.717) is 5.56 Å². The average Bonchev–Trinajstić information content (AvgIpc) is 2.97. The molecule has 0 aliphatic rings. The van der Waals surface area contributed by atoms with Crippen molar-refractivity contribution in [3.63, 3.8) is 0 Å². The maximum atomic E-state index is 9.05. The Hall–Kier alpha value is -2.61. The molecule has 0 aliphatic heterocycles. The number of para-hydroxylation sites is 1. The van der Waals surface area contributed by atoms with Gasteiger partial charge in [-0.3, -0.25) is 5.10 Å². The molecule has 5 heteroatoms. The van der Waals surface area contributed by atoms with Gasteiger partial charge in [-0.25, -0.2) is 4.98 Å². The quantitative estimate of drug-likeness (QED) is 0.684. The number of rotatable bonds is 1. The van der Waals surface area contributed by atoms with E-state index in [9.17, 15) is 0 Å². The number of H-pyrrole nitrogens is 1. The number of nitrogens with zero attached hydrogens (tertiary/aromatic N) is 4. The van der Waals surface area contributed by atoms with Crippen molar-refractivity contribution >= 4 is 11.0 Å². The Labute approximate surface area is 97.3 Å². The Morgan fingerprint density at radius 2 is 2.29 bits per heavy atom. The van der Waals surface area contributed by atoms with Crippen LogP contribution in [0, 0.1) is 11.3 Å². The molecule has 1 aromatic carbocycles. The third kappa shape index (κ3) is 1.31. The lowest BCUT2D eigenvalue weighted by molar-refractivity contribution is 0.959. The summed E-state index contributed by atoms with van der Waals surface area (Å²) >= 11 is 0. The second kappa shape index (κ2) is 3.46. The fourth-order valence-corrected chi connectivity index (χ4v) is 1.94. The van der Waals surface area contributed by atoms with Crippen molar-refractivity contribution < 1.29 is 0 Å². The van der Waals surface area contributed by atoms with Crippen LogP contribution in [-0.4, -0.2) is 19.7 Å². The standard InChI is InChI=1S/C12H9N5/c1-17-10-4-2-3-8(5-13)11(10)16-12(17)9-6-14-15-7-9/h2-4,6-7H,1H3,(H,14,15). The van der Waals surface area contributed by atoms with Gasteiger partial charge < -0.3 is 4.57 Å². The second-order valence-corrected chi connectivity index (χ2v) is 3.77. The molecule has 1 N–H and O–H groups in total. The highest BCUT2D eigenvalue weighted by Gasteiger charge is 2.12. The van der Waals surface area contributed by atoms with Gasteiger partial charge in [-0.05, 0) is 12.1 Å². The monoisotopic (exact) mass is 223 g/mol. The van der Waals surface area contributed by atoms with E-state index in [-0.39, 0.29) is 0 Å². The van der Waals surface area contributed by atoms with Gasteiger partial charge in [0.2, 0.25) is 0 Å². The van der Waals surface area contributed by atoms with Gasteiger partial charge in [-0.1, -0.05) is 6.07 Å². The summed E-state index contributed by atoms with van der Waals surface area (Å²) in [7, 11) is 1.93. The Morgan fingerprint density at radius 1 is 1.41 bits per heavy atom. The van der Waals surface area contributed by atoms with Crippen LogP contribution >= 0.6 is 0 Å². The zero-order valence-corrected chi connectivity index (χ0v) is 9.18. The molecule has 0 aliphatic carbocycles. The zero-order valence-electron chi connectivity index (χ0n) is 9.18. The summed E-state index contributed by atoms with van der Waals surface area (Å²) in [5.41, 5.74) is 3.18. The minimum atomic E-state index is 0.591. The molecule has 0 saturated carbocycles. The van der Waals surface area contributed by atoms with E-state index < -0.39 is 0 Å². The fraction of sp³-hybridized carbons (Fsp3) is 0.0833. The summed E-state index contributed by atoms with van der Waals surface area (Å²) in [6.07, 6.45) is 3.50. The number of aromatic nitrogens is 4. The number of aromatic amines is 1. The molecule has 0 radical (unpaired) electrons. The first-order valence-electron chi connectivity index (χ1n) is 5.16. The van der Waals surface area contributed by atoms with Gasteiger partial charge in [-0.2, -0.15) is 10.4 Å². The lowest BCUT2D eigenvalue weighted by Gasteiger charge is -1.98. The highest BCUT2D eigenvalue weighted by molar-refractivity contribution is 5.85. The predicted octanol–water partition coefficient (Wildman–Crippen LogP) is 1.84. The lowest BCUT2D eigenvalue weighted by Crippen LogP contribution is -1.90. The first-order valence-corrected chi connectivity index (χ1v) is 5.16. The smallest absolute Gasteiger partial charge is 0.144 e. The van der Waals surface area contributed by atoms with Crippen LogP contribution in [0.4, 0.5) is 0 Å². The summed E-state index contributed by atoms with van der Waals surface area (Å²) in [5.74, 6) is 0.802. The molecule has 17 heavy (non-hydrogen) atoms. The number of imidazole rings is 1. The van der Waals surface area contributed by atoms with Crippen LogP contribution in [0.5, 0.6) is 0 Å². The van der Waals surface area contributed by atoms with E-state index in [1.54, 1.807) is 18.5 Å². The van der Waals surface area contributed by atoms with Crippen molar-refractivity contribution in [3.8, 4) is 17.5 Å². The van der Waals surface area contributed by atoms with Crippen LogP contribution in [0.2, 0.25) is 0 Å². The number of nitrogens with one attached hydrogen (secondary N) is 1. The molecule has 0 bridgehead atoms. The van der Waals surface area contributed by atoms with E-state index in [4.69, 9.17) is 5.26 Å². The molecule has 0 amide bonds. The lowest BCUT2D eigenvalue weighted by atomic mass is 10.2. The molecule has 0 unspecified atom stereocenters. The van der Waals surface area contributed by atoms with Crippen LogP contribution in [0.15, 0.2) is 30.6 Å². The van der Waals surface area contributed by atoms with Gasteiger partial charge in [0, 0.05) is 13.2 Å². The Morgan fingerprint density at radius 3 is 3.00 bits per heavy atom. The number of hydrogen-bond acceptors (Lipinski definition) is 3. The third-order valence-electron chi connectivity index (χ3n) is 2.79. The average molecular weight is 223 g/mol. The zero-order chi connectivity index (χ0) is 11.8. The third-order valence-corrected chi connectivity index (χ3v) is 2.79. The minimum absolute atomic E-state index is 0.591. The molecule has 0 atom stereocenters. The number of hydrogen-bond donors (Lipinski definition) is 1. The van der Waals surface area contributed by atoms with Crippen LogP contribution in [0.1, 0.15) is 5.56 Å². The largest absolute Gasteiger partial charge is 0.327 e. The summed E-state index contributed by atoms with van der Waals surface area (Å²) in [5, 5.41) is 15.7. The normalized spacial score (nSPS) is 10.6. The number of benzene rings is 1. The van der Waals surface area contributed by atoms with Gasteiger partial charge in [-0.15, -0.1) is 0 Å². The number of aryl methyl sites for hydroxylation is 1. The van der Waals surface area contributed by atoms with E-state index in [2.05, 4.69) is 21.3 Å². The summed E-state index contributed by atoms with van der Waals surface area (Å²) in [4.78, 5) is 4.51. The molecule has 2 heterocycles. The van der Waals surface area contributed by atoms with Crippen LogP contribution < -0.4 is 0 Å². The van der Waals surface area contributed by atoms with Gasteiger partial charge in [0.25, 0.3) is 0 Å². The maximum absolute atomic E-state index is 9.05. The second-order valence-electron chi connectivity index (χ2n) is 3.77. The van der Waals surface area contributed by atoms with Gasteiger partial charge in [0.15, 0.2) is 0 Å². The molecule has 5 nitrogen and oxygen atoms in total. The highest BCUT2D eigenvalue weighted by atomic mass is 15.1. The summed E-state index contributed by atoms with van der Waals surface area (Å²) in [6.45, 7) is 0. The molecular weight excluding hydrogens is 214 g/mol. The summed E-state index contributed by atoms with van der Waals surface area (Å²) < 4.78 is 1.96. The molecule has 2 aromatic heterocycles. The highest BCUT2D eigenvalue weighted by Crippen LogP contribution is 2.24. The molecule has 0 spiro atoms. The number of fused-ring (bicyclic) bond motifs is 1. The van der Waals surface area contributed by atoms with Crippen LogP contribution in [-0.2, 0) is 7.05 Å². The van der Waals surface area contributed by atoms with Gasteiger partial charge in [0.1, 0.15) is 17.4 Å². The SMILES string of the molecule is Cn1c(-c2cn[nH]c2)nc2c(C#N)cccc21. The Kier molecular flexibility index (Phi) is 1.95. The molecule has 3 rings (SSSR count). The van der Waals surface area contributed by atoms with Crippen molar-refractivity contribution in [2.24, 2.45) is 7.05 Å². The van der Waals surface area contributed by atoms with Crippen LogP contribution in [0.25, 0.3) is 22.4 Å². The van der Waals surface area contributed by atoms with Gasteiger partial charge in [0.05, 0.1) is 22.8 Å². The van der Waals surface area contributed by atoms with E-state index >= 15 is 0 Å². The molecule has 0 fully saturated rings. The van der Waals surface area contributed by atoms with Crippen molar-refractivity contribution in [2.45, 2.75) is 0 Å². The first-order chi connectivity index (χ1) is 8.31. The maximum Gasteiger partial charge on any atom is 0.144 e.